The zero-order chi connectivity index (χ0) is 15.4. The molecule has 21 heavy (non-hydrogen) atoms. The topological polar surface area (TPSA) is 121 Å². The van der Waals surface area contributed by atoms with Crippen molar-refractivity contribution in [2.24, 2.45) is 0 Å². The molecule has 2 heterocycles. The van der Waals surface area contributed by atoms with Gasteiger partial charge in [0.25, 0.3) is 0 Å². The number of nitrogens with one attached hydrogen (secondary N) is 1. The Kier molecular flexibility index (Phi) is 5.91. The Morgan fingerprint density at radius 1 is 1.38 bits per heavy atom. The van der Waals surface area contributed by atoms with Gasteiger partial charge in [0.05, 0.1) is 19.3 Å². The van der Waals surface area contributed by atoms with Crippen LogP contribution in [0.3, 0.4) is 0 Å². The van der Waals surface area contributed by atoms with E-state index in [0.717, 1.165) is 19.4 Å². The summed E-state index contributed by atoms with van der Waals surface area (Å²) in [6.07, 6.45) is -2.45. The molecule has 0 aromatic rings. The zero-order valence-corrected chi connectivity index (χ0v) is 12.0. The molecule has 4 N–H and O–H groups in total. The van der Waals surface area contributed by atoms with Crippen LogP contribution < -0.4 is 5.32 Å². The Balaban J connectivity index is 1.89. The summed E-state index contributed by atoms with van der Waals surface area (Å²) in [4.78, 5) is 11.2. The van der Waals surface area contributed by atoms with Crippen molar-refractivity contribution in [1.29, 1.82) is 0 Å². The summed E-state index contributed by atoms with van der Waals surface area (Å²) >= 11 is 0. The van der Waals surface area contributed by atoms with Gasteiger partial charge in [-0.2, -0.15) is 0 Å². The maximum absolute atomic E-state index is 11.2. The number of aliphatic hydroxyl groups is 3. The van der Waals surface area contributed by atoms with Crippen LogP contribution in [-0.4, -0.2) is 77.8 Å². The van der Waals surface area contributed by atoms with E-state index in [9.17, 15) is 15.0 Å². The van der Waals surface area contributed by atoms with Crippen LogP contribution in [-0.2, 0) is 19.0 Å². The van der Waals surface area contributed by atoms with Crippen LogP contribution in [0.15, 0.2) is 0 Å². The lowest BCUT2D eigenvalue weighted by Crippen LogP contribution is -2.64. The number of amides is 1. The first-order valence-corrected chi connectivity index (χ1v) is 7.15. The SMILES string of the molecule is CC(=O)N[C@H]1[C@H](OCCC[C@H]2CO2)O[C@H](CO)[C@@H](O)[C@@H]1O. The molecule has 0 unspecified atom stereocenters. The van der Waals surface area contributed by atoms with Crippen LogP contribution in [0.25, 0.3) is 0 Å². The van der Waals surface area contributed by atoms with Crippen molar-refractivity contribution < 1.29 is 34.3 Å². The molecule has 2 fully saturated rings. The monoisotopic (exact) mass is 305 g/mol. The van der Waals surface area contributed by atoms with Crippen molar-refractivity contribution in [3.05, 3.63) is 0 Å². The number of carbonyl (C=O) groups excluding carboxylic acids is 1. The fourth-order valence-electron chi connectivity index (χ4n) is 2.36. The minimum atomic E-state index is -1.29. The van der Waals surface area contributed by atoms with E-state index in [4.69, 9.17) is 19.3 Å². The third-order valence-electron chi connectivity index (χ3n) is 3.61. The first-order valence-electron chi connectivity index (χ1n) is 7.15. The maximum Gasteiger partial charge on any atom is 0.217 e. The van der Waals surface area contributed by atoms with Crippen molar-refractivity contribution >= 4 is 5.91 Å². The first-order chi connectivity index (χ1) is 10.0. The number of ether oxygens (including phenoxy) is 3. The van der Waals surface area contributed by atoms with E-state index in [0.29, 0.717) is 12.7 Å². The van der Waals surface area contributed by atoms with Gasteiger partial charge in [-0.25, -0.2) is 0 Å². The van der Waals surface area contributed by atoms with Crippen LogP contribution in [0.4, 0.5) is 0 Å². The number of carbonyl (C=O) groups is 1. The minimum absolute atomic E-state index is 0.310. The molecule has 8 nitrogen and oxygen atoms in total. The lowest BCUT2D eigenvalue weighted by atomic mass is 9.97. The fraction of sp³-hybridized carbons (Fsp3) is 0.923. The predicted molar refractivity (Wildman–Crippen MR) is 70.3 cm³/mol. The van der Waals surface area contributed by atoms with Gasteiger partial charge in [-0.1, -0.05) is 0 Å². The van der Waals surface area contributed by atoms with Crippen LogP contribution >= 0.6 is 0 Å². The van der Waals surface area contributed by atoms with E-state index in [1.807, 2.05) is 0 Å². The Morgan fingerprint density at radius 3 is 2.67 bits per heavy atom. The van der Waals surface area contributed by atoms with E-state index in [-0.39, 0.29) is 5.91 Å². The quantitative estimate of drug-likeness (QED) is 0.321. The molecule has 2 rings (SSSR count). The Labute approximate surface area is 123 Å². The van der Waals surface area contributed by atoms with Crippen LogP contribution in [0.2, 0.25) is 0 Å². The highest BCUT2D eigenvalue weighted by Crippen LogP contribution is 2.23. The largest absolute Gasteiger partial charge is 0.394 e. The summed E-state index contributed by atoms with van der Waals surface area (Å²) in [6, 6.07) is -0.877. The van der Waals surface area contributed by atoms with Crippen LogP contribution in [0.1, 0.15) is 19.8 Å². The second-order valence-corrected chi connectivity index (χ2v) is 5.40. The molecule has 122 valence electrons. The molecule has 0 aromatic heterocycles. The zero-order valence-electron chi connectivity index (χ0n) is 12.0. The minimum Gasteiger partial charge on any atom is -0.394 e. The molecule has 2 saturated heterocycles. The van der Waals surface area contributed by atoms with Gasteiger partial charge in [-0.05, 0) is 12.8 Å². The number of aliphatic hydroxyl groups excluding tert-OH is 3. The van der Waals surface area contributed by atoms with Gasteiger partial charge >= 0.3 is 0 Å². The van der Waals surface area contributed by atoms with Crippen molar-refractivity contribution in [2.75, 3.05) is 19.8 Å². The second-order valence-electron chi connectivity index (χ2n) is 5.40. The summed E-state index contributed by atoms with van der Waals surface area (Å²) in [5.41, 5.74) is 0. The number of hydrogen-bond donors (Lipinski definition) is 4. The molecule has 0 bridgehead atoms. The lowest BCUT2D eigenvalue weighted by Gasteiger charge is -2.42. The average Bonchev–Trinajstić information content (AvgIpc) is 3.26. The van der Waals surface area contributed by atoms with Gasteiger partial charge in [-0.3, -0.25) is 4.79 Å². The van der Waals surface area contributed by atoms with Gasteiger partial charge < -0.3 is 34.8 Å². The first kappa shape index (κ1) is 16.6. The number of rotatable bonds is 7. The molecule has 8 heteroatoms. The standard InChI is InChI=1S/C13H23NO7/c1-7(16)14-10-12(18)11(17)9(5-15)21-13(10)19-4-2-3-8-6-20-8/h8-13,15,17-18H,2-6H2,1H3,(H,14,16)/t8-,9+,10+,11+,12+,13+/m0/s1. The normalized spacial score (nSPS) is 39.0. The summed E-state index contributed by atoms with van der Waals surface area (Å²) in [5.74, 6) is -0.364. The van der Waals surface area contributed by atoms with Crippen LogP contribution in [0, 0.1) is 0 Å². The third-order valence-corrected chi connectivity index (χ3v) is 3.61. The molecule has 0 aromatic carbocycles. The molecule has 6 atom stereocenters. The molecule has 1 amide bonds. The highest BCUT2D eigenvalue weighted by Gasteiger charge is 2.45. The Hall–Kier alpha value is -0.770. The van der Waals surface area contributed by atoms with Crippen molar-refractivity contribution in [3.63, 3.8) is 0 Å². The molecular weight excluding hydrogens is 282 g/mol. The van der Waals surface area contributed by atoms with E-state index in [2.05, 4.69) is 5.32 Å². The summed E-state index contributed by atoms with van der Waals surface area (Å²) in [7, 11) is 0. The Morgan fingerprint density at radius 2 is 2.10 bits per heavy atom. The number of hydrogen-bond acceptors (Lipinski definition) is 7. The summed E-state index contributed by atoms with van der Waals surface area (Å²) in [5, 5.41) is 31.6. The van der Waals surface area contributed by atoms with E-state index in [1.54, 1.807) is 0 Å². The van der Waals surface area contributed by atoms with Crippen LogP contribution in [0.5, 0.6) is 0 Å². The van der Waals surface area contributed by atoms with Gasteiger partial charge in [0.2, 0.25) is 5.91 Å². The van der Waals surface area contributed by atoms with E-state index >= 15 is 0 Å². The maximum atomic E-state index is 11.2. The molecule has 0 radical (unpaired) electrons. The second kappa shape index (κ2) is 7.48. The smallest absolute Gasteiger partial charge is 0.217 e. The van der Waals surface area contributed by atoms with E-state index in [1.165, 1.54) is 6.92 Å². The lowest BCUT2D eigenvalue weighted by molar-refractivity contribution is -0.270. The van der Waals surface area contributed by atoms with Gasteiger partial charge in [-0.15, -0.1) is 0 Å². The van der Waals surface area contributed by atoms with Crippen molar-refractivity contribution in [2.45, 2.75) is 56.5 Å². The van der Waals surface area contributed by atoms with Gasteiger partial charge in [0.15, 0.2) is 6.29 Å². The third kappa shape index (κ3) is 4.60. The number of epoxide rings is 1. The summed E-state index contributed by atoms with van der Waals surface area (Å²) in [6.45, 7) is 2.02. The summed E-state index contributed by atoms with van der Waals surface area (Å²) < 4.78 is 16.1. The molecular formula is C13H23NO7. The van der Waals surface area contributed by atoms with E-state index < -0.39 is 37.3 Å². The molecule has 0 spiro atoms. The van der Waals surface area contributed by atoms with Crippen molar-refractivity contribution in [1.82, 2.24) is 5.32 Å². The predicted octanol–water partition coefficient (Wildman–Crippen LogP) is -1.87. The highest BCUT2D eigenvalue weighted by atomic mass is 16.7. The molecule has 2 aliphatic heterocycles. The molecule has 0 saturated carbocycles. The highest BCUT2D eigenvalue weighted by molar-refractivity contribution is 5.73. The van der Waals surface area contributed by atoms with Gasteiger partial charge in [0, 0.05) is 13.5 Å². The molecule has 2 aliphatic rings. The average molecular weight is 305 g/mol. The van der Waals surface area contributed by atoms with Crippen molar-refractivity contribution in [3.8, 4) is 0 Å². The van der Waals surface area contributed by atoms with Gasteiger partial charge in [0.1, 0.15) is 24.4 Å². The fourth-order valence-corrected chi connectivity index (χ4v) is 2.36. The Bertz CT molecular complexity index is 349. The molecule has 0 aliphatic carbocycles.